The summed E-state index contributed by atoms with van der Waals surface area (Å²) in [6.45, 7) is -0.0430. The number of nitrogen functional groups attached to an aromatic ring is 1. The van der Waals surface area contributed by atoms with Crippen LogP contribution in [0.2, 0.25) is 0 Å². The number of nitrogens with two attached hydrogens (primary N) is 1. The predicted octanol–water partition coefficient (Wildman–Crippen LogP) is 1.48. The minimum Gasteiger partial charge on any atom is -0.507 e. The van der Waals surface area contributed by atoms with Gasteiger partial charge in [0, 0.05) is 11.1 Å². The number of carboxylic acid groups (broad SMARTS) is 1. The molecule has 1 aromatic carbocycles. The molecule has 2 aromatic rings. The molecule has 3 heterocycles. The van der Waals surface area contributed by atoms with Crippen molar-refractivity contribution < 1.29 is 29.4 Å². The van der Waals surface area contributed by atoms with Crippen LogP contribution in [0.4, 0.5) is 5.13 Å². The molecular formula is C19H16BrN5O6S2. The number of β-lactam (4-membered cyclic amide) rings is 1. The van der Waals surface area contributed by atoms with Gasteiger partial charge in [0.25, 0.3) is 11.8 Å². The van der Waals surface area contributed by atoms with Crippen LogP contribution in [0, 0.1) is 0 Å². The lowest BCUT2D eigenvalue weighted by Crippen LogP contribution is -2.70. The fraction of sp³-hybridized carbons (Fsp3) is 0.211. The number of aromatic nitrogens is 1. The highest BCUT2D eigenvalue weighted by Crippen LogP contribution is 2.37. The predicted molar refractivity (Wildman–Crippen MR) is 124 cm³/mol. The summed E-state index contributed by atoms with van der Waals surface area (Å²) in [7, 11) is 0. The van der Waals surface area contributed by atoms with Crippen molar-refractivity contribution in [2.75, 3.05) is 11.5 Å². The lowest BCUT2D eigenvalue weighted by molar-refractivity contribution is -0.150. The van der Waals surface area contributed by atoms with Gasteiger partial charge >= 0.3 is 5.97 Å². The molecular weight excluding hydrogens is 538 g/mol. The number of rotatable bonds is 7. The second kappa shape index (κ2) is 9.41. The normalized spacial score (nSPS) is 19.9. The number of carboxylic acids is 1. The van der Waals surface area contributed by atoms with Crippen molar-refractivity contribution in [2.24, 2.45) is 5.16 Å². The number of aliphatic carboxylic acids is 1. The molecule has 5 N–H and O–H groups in total. The summed E-state index contributed by atoms with van der Waals surface area (Å²) in [6.07, 6.45) is 1.46. The second-order valence-corrected chi connectivity index (χ2v) is 9.74. The van der Waals surface area contributed by atoms with E-state index >= 15 is 0 Å². The van der Waals surface area contributed by atoms with E-state index in [1.165, 1.54) is 29.3 Å². The number of nitrogens with zero attached hydrogens (tertiary/aromatic N) is 3. The average Bonchev–Trinajstić information content (AvgIpc) is 3.22. The molecule has 1 aromatic heterocycles. The molecule has 0 aliphatic carbocycles. The summed E-state index contributed by atoms with van der Waals surface area (Å²) in [5.41, 5.74) is 6.16. The quantitative estimate of drug-likeness (QED) is 0.225. The number of benzene rings is 1. The van der Waals surface area contributed by atoms with Gasteiger partial charge in [-0.1, -0.05) is 11.2 Å². The number of thioether (sulfide) groups is 1. The van der Waals surface area contributed by atoms with Crippen molar-refractivity contribution in [2.45, 2.75) is 18.0 Å². The molecule has 1 unspecified atom stereocenters. The highest BCUT2D eigenvalue weighted by atomic mass is 79.9. The van der Waals surface area contributed by atoms with E-state index in [-0.39, 0.29) is 34.6 Å². The van der Waals surface area contributed by atoms with Gasteiger partial charge in [0.1, 0.15) is 35.2 Å². The number of carbonyl (C=O) groups is 3. The van der Waals surface area contributed by atoms with Gasteiger partial charge in [-0.3, -0.25) is 14.5 Å². The number of phenols is 1. The molecule has 1 saturated heterocycles. The number of hydrogen-bond donors (Lipinski definition) is 4. The first kappa shape index (κ1) is 23.1. The van der Waals surface area contributed by atoms with Gasteiger partial charge in [0.05, 0.1) is 4.47 Å². The van der Waals surface area contributed by atoms with Crippen LogP contribution in [-0.2, 0) is 25.8 Å². The summed E-state index contributed by atoms with van der Waals surface area (Å²) >= 11 is 5.63. The van der Waals surface area contributed by atoms with E-state index in [4.69, 9.17) is 10.6 Å². The van der Waals surface area contributed by atoms with E-state index in [0.717, 1.165) is 16.2 Å². The minimum atomic E-state index is -1.20. The maximum atomic E-state index is 13.0. The highest BCUT2D eigenvalue weighted by molar-refractivity contribution is 9.10. The van der Waals surface area contributed by atoms with Crippen LogP contribution in [0.5, 0.6) is 5.75 Å². The van der Waals surface area contributed by atoms with E-state index in [0.29, 0.717) is 15.8 Å². The smallest absolute Gasteiger partial charge is 0.352 e. The van der Waals surface area contributed by atoms with Crippen LogP contribution in [0.15, 0.2) is 45.0 Å². The van der Waals surface area contributed by atoms with E-state index in [1.54, 1.807) is 12.1 Å². The van der Waals surface area contributed by atoms with Crippen LogP contribution in [0.25, 0.3) is 0 Å². The molecule has 0 bridgehead atoms. The molecule has 0 radical (unpaired) electrons. The Bertz CT molecular complexity index is 1200. The highest BCUT2D eigenvalue weighted by Gasteiger charge is 2.53. The van der Waals surface area contributed by atoms with Crippen LogP contribution in [0.1, 0.15) is 11.3 Å². The van der Waals surface area contributed by atoms with Gasteiger partial charge in [-0.05, 0) is 39.7 Å². The number of halogens is 1. The molecule has 33 heavy (non-hydrogen) atoms. The molecule has 1 fully saturated rings. The Morgan fingerprint density at radius 3 is 2.88 bits per heavy atom. The Hall–Kier alpha value is -3.10. The number of oxime groups is 1. The third-order valence-corrected chi connectivity index (χ3v) is 7.26. The number of aromatic hydroxyl groups is 1. The Labute approximate surface area is 203 Å². The van der Waals surface area contributed by atoms with Crippen molar-refractivity contribution >= 4 is 67.7 Å². The minimum absolute atomic E-state index is 0.0260. The topological polar surface area (TPSA) is 167 Å². The molecule has 2 atom stereocenters. The van der Waals surface area contributed by atoms with Gasteiger partial charge in [0.15, 0.2) is 10.8 Å². The van der Waals surface area contributed by atoms with Gasteiger partial charge in [-0.2, -0.15) is 0 Å². The second-order valence-electron chi connectivity index (χ2n) is 6.85. The number of phenolic OH excluding ortho intramolecular Hbond substituents is 1. The summed E-state index contributed by atoms with van der Waals surface area (Å²) in [5, 5.41) is 26.8. The summed E-state index contributed by atoms with van der Waals surface area (Å²) in [4.78, 5) is 47.4. The molecule has 11 nitrogen and oxygen atoms in total. The van der Waals surface area contributed by atoms with Crippen molar-refractivity contribution in [3.63, 3.8) is 0 Å². The van der Waals surface area contributed by atoms with Crippen LogP contribution < -0.4 is 11.1 Å². The van der Waals surface area contributed by atoms with Gasteiger partial charge in [-0.25, -0.2) is 9.78 Å². The Balaban J connectivity index is 1.49. The summed E-state index contributed by atoms with van der Waals surface area (Å²) < 4.78 is 0.522. The van der Waals surface area contributed by atoms with Crippen molar-refractivity contribution in [1.82, 2.24) is 15.2 Å². The molecule has 4 rings (SSSR count). The summed E-state index contributed by atoms with van der Waals surface area (Å²) in [5.74, 6) is -2.03. The van der Waals surface area contributed by atoms with Gasteiger partial charge < -0.3 is 26.1 Å². The van der Waals surface area contributed by atoms with Crippen molar-refractivity contribution in [1.29, 1.82) is 0 Å². The standard InChI is InChI=1S/C19H16BrN5O6S2/c20-9-2-1-8(5-12(9)26)6-31-24-13(10-7-33-19(21)22-10)15(27)23-14-16(28)25-11(18(29)30)3-4-32-17(14)25/h1-3,5,7,14,17,26H,4,6H2,(H2,21,22)(H,23,27)(H,29,30)/b24-13-/t14?,17-/m1/s1. The monoisotopic (exact) mass is 553 g/mol. The zero-order chi connectivity index (χ0) is 23.7. The fourth-order valence-corrected chi connectivity index (χ4v) is 5.16. The van der Waals surface area contributed by atoms with Crippen LogP contribution >= 0.6 is 39.0 Å². The van der Waals surface area contributed by atoms with E-state index < -0.39 is 29.2 Å². The molecule has 0 spiro atoms. The third-order valence-electron chi connectivity index (χ3n) is 4.73. The Kier molecular flexibility index (Phi) is 6.58. The van der Waals surface area contributed by atoms with Crippen LogP contribution in [-0.4, -0.2) is 60.8 Å². The lowest BCUT2D eigenvalue weighted by Gasteiger charge is -2.48. The molecule has 14 heteroatoms. The van der Waals surface area contributed by atoms with Gasteiger partial charge in [0.2, 0.25) is 0 Å². The van der Waals surface area contributed by atoms with E-state index in [1.807, 2.05) is 0 Å². The fourth-order valence-electron chi connectivity index (χ4n) is 3.17. The first-order valence-electron chi connectivity index (χ1n) is 9.34. The lowest BCUT2D eigenvalue weighted by atomic mass is 10.0. The zero-order valence-corrected chi connectivity index (χ0v) is 19.8. The largest absolute Gasteiger partial charge is 0.507 e. The third kappa shape index (κ3) is 4.67. The number of fused-ring (bicyclic) bond motifs is 1. The average molecular weight is 554 g/mol. The first-order valence-corrected chi connectivity index (χ1v) is 12.1. The first-order chi connectivity index (χ1) is 15.8. The molecule has 172 valence electrons. The van der Waals surface area contributed by atoms with Gasteiger partial charge in [-0.15, -0.1) is 23.1 Å². The number of amides is 2. The SMILES string of the molecule is Nc1nc(/C(=N/OCc2ccc(Br)c(O)c2)C(=O)NC2C(=O)N3C(C(=O)O)=CCS[C@H]23)cs1. The molecule has 0 saturated carbocycles. The maximum absolute atomic E-state index is 13.0. The Morgan fingerprint density at radius 2 is 2.21 bits per heavy atom. The number of carbonyl (C=O) groups excluding carboxylic acids is 2. The van der Waals surface area contributed by atoms with Crippen molar-refractivity contribution in [3.8, 4) is 5.75 Å². The Morgan fingerprint density at radius 1 is 1.42 bits per heavy atom. The van der Waals surface area contributed by atoms with Crippen molar-refractivity contribution in [3.05, 3.63) is 51.1 Å². The van der Waals surface area contributed by atoms with Crippen LogP contribution in [0.3, 0.4) is 0 Å². The number of anilines is 1. The molecule has 2 aliphatic heterocycles. The number of thiazole rings is 1. The molecule has 2 aliphatic rings. The van der Waals surface area contributed by atoms with E-state index in [2.05, 4.69) is 31.4 Å². The van der Waals surface area contributed by atoms with E-state index in [9.17, 15) is 24.6 Å². The number of hydrogen-bond acceptors (Lipinski definition) is 10. The molecule has 2 amide bonds. The zero-order valence-electron chi connectivity index (χ0n) is 16.6. The summed E-state index contributed by atoms with van der Waals surface area (Å²) in [6, 6.07) is 3.91. The maximum Gasteiger partial charge on any atom is 0.352 e. The number of nitrogens with one attached hydrogen (secondary N) is 1.